The number of nitro groups is 1. The van der Waals surface area contributed by atoms with Gasteiger partial charge in [-0.25, -0.2) is 4.98 Å². The number of halogens is 1. The van der Waals surface area contributed by atoms with E-state index in [0.29, 0.717) is 24.1 Å². The van der Waals surface area contributed by atoms with E-state index in [2.05, 4.69) is 4.98 Å². The molecule has 0 radical (unpaired) electrons. The summed E-state index contributed by atoms with van der Waals surface area (Å²) in [6.07, 6.45) is 0.640. The van der Waals surface area contributed by atoms with Gasteiger partial charge in [0, 0.05) is 18.2 Å². The minimum atomic E-state index is -0.516. The topological polar surface area (TPSA) is 87.3 Å². The first-order chi connectivity index (χ1) is 13.4. The van der Waals surface area contributed by atoms with Gasteiger partial charge in [-0.1, -0.05) is 30.7 Å². The molecule has 3 aromatic rings. The Morgan fingerprint density at radius 1 is 1.29 bits per heavy atom. The standard InChI is InChI=1S/C20H20ClN3O4/c1-4-19-22-16-11-17(24(26)27)15(21)10-18(16)23(19)14-8-6-13(7-9-14)12(3)20(25)28-5-2/h6-12H,4-5H2,1-3H3. The number of nitrogens with zero attached hydrogens (tertiary/aromatic N) is 3. The van der Waals surface area contributed by atoms with E-state index in [-0.39, 0.29) is 22.6 Å². The van der Waals surface area contributed by atoms with E-state index >= 15 is 0 Å². The van der Waals surface area contributed by atoms with Gasteiger partial charge < -0.3 is 4.74 Å². The first kappa shape index (κ1) is 19.8. The van der Waals surface area contributed by atoms with Crippen molar-refractivity contribution in [1.29, 1.82) is 0 Å². The lowest BCUT2D eigenvalue weighted by molar-refractivity contribution is -0.384. The molecule has 0 aliphatic heterocycles. The van der Waals surface area contributed by atoms with Crippen LogP contribution in [0.4, 0.5) is 5.69 Å². The van der Waals surface area contributed by atoms with E-state index in [4.69, 9.17) is 16.3 Å². The summed E-state index contributed by atoms with van der Waals surface area (Å²) >= 11 is 6.11. The SMILES string of the molecule is CCOC(=O)C(C)c1ccc(-n2c(CC)nc3cc([N+](=O)[O-])c(Cl)cc32)cc1. The molecule has 1 atom stereocenters. The highest BCUT2D eigenvalue weighted by Gasteiger charge is 2.20. The molecule has 0 saturated heterocycles. The molecule has 146 valence electrons. The van der Waals surface area contributed by atoms with Crippen LogP contribution < -0.4 is 0 Å². The maximum absolute atomic E-state index is 11.9. The zero-order valence-electron chi connectivity index (χ0n) is 15.8. The van der Waals surface area contributed by atoms with Crippen LogP contribution in [0.1, 0.15) is 38.1 Å². The van der Waals surface area contributed by atoms with Gasteiger partial charge in [0.1, 0.15) is 10.8 Å². The average molecular weight is 402 g/mol. The molecule has 1 aromatic heterocycles. The molecule has 0 amide bonds. The number of carbonyl (C=O) groups is 1. The summed E-state index contributed by atoms with van der Waals surface area (Å²) in [6, 6.07) is 10.5. The summed E-state index contributed by atoms with van der Waals surface area (Å²) in [5.41, 5.74) is 2.72. The van der Waals surface area contributed by atoms with E-state index in [1.54, 1.807) is 19.9 Å². The zero-order chi connectivity index (χ0) is 20.4. The molecule has 0 spiro atoms. The quantitative estimate of drug-likeness (QED) is 0.336. The van der Waals surface area contributed by atoms with Gasteiger partial charge >= 0.3 is 5.97 Å². The second kappa shape index (κ2) is 7.98. The number of fused-ring (bicyclic) bond motifs is 1. The van der Waals surface area contributed by atoms with Crippen molar-refractivity contribution in [3.63, 3.8) is 0 Å². The number of rotatable bonds is 6. The Kier molecular flexibility index (Phi) is 5.65. The summed E-state index contributed by atoms with van der Waals surface area (Å²) in [7, 11) is 0. The van der Waals surface area contributed by atoms with E-state index in [1.165, 1.54) is 6.07 Å². The number of hydrogen-bond donors (Lipinski definition) is 0. The number of imidazole rings is 1. The van der Waals surface area contributed by atoms with Crippen molar-refractivity contribution in [3.05, 3.63) is 62.9 Å². The van der Waals surface area contributed by atoms with Crippen LogP contribution in [0.5, 0.6) is 0 Å². The highest BCUT2D eigenvalue weighted by molar-refractivity contribution is 6.33. The molecule has 0 aliphatic rings. The van der Waals surface area contributed by atoms with Crippen molar-refractivity contribution in [3.8, 4) is 5.69 Å². The Labute approximate surface area is 167 Å². The van der Waals surface area contributed by atoms with Gasteiger partial charge in [-0.3, -0.25) is 19.5 Å². The summed E-state index contributed by atoms with van der Waals surface area (Å²) in [6.45, 7) is 5.88. The monoisotopic (exact) mass is 401 g/mol. The molecule has 0 bridgehead atoms. The molecule has 1 heterocycles. The van der Waals surface area contributed by atoms with E-state index in [9.17, 15) is 14.9 Å². The highest BCUT2D eigenvalue weighted by Crippen LogP contribution is 2.32. The summed E-state index contributed by atoms with van der Waals surface area (Å²) < 4.78 is 6.99. The third-order valence-corrected chi connectivity index (χ3v) is 4.90. The van der Waals surface area contributed by atoms with Crippen LogP contribution in [0, 0.1) is 10.1 Å². The van der Waals surface area contributed by atoms with Crippen LogP contribution >= 0.6 is 11.6 Å². The van der Waals surface area contributed by atoms with Crippen LogP contribution in [0.25, 0.3) is 16.7 Å². The molecule has 3 rings (SSSR count). The van der Waals surface area contributed by atoms with Crippen molar-refractivity contribution in [2.75, 3.05) is 6.61 Å². The summed E-state index contributed by atoms with van der Waals surface area (Å²) in [5, 5.41) is 11.2. The Hall–Kier alpha value is -2.93. The van der Waals surface area contributed by atoms with Gasteiger partial charge in [-0.05, 0) is 37.6 Å². The molecular weight excluding hydrogens is 382 g/mol. The molecule has 0 N–H and O–H groups in total. The van der Waals surface area contributed by atoms with Crippen molar-refractivity contribution in [2.24, 2.45) is 0 Å². The number of aryl methyl sites for hydroxylation is 1. The Balaban J connectivity index is 2.06. The van der Waals surface area contributed by atoms with Crippen LogP contribution in [-0.2, 0) is 16.0 Å². The molecule has 28 heavy (non-hydrogen) atoms. The fourth-order valence-corrected chi connectivity index (χ4v) is 3.34. The lowest BCUT2D eigenvalue weighted by Crippen LogP contribution is -2.13. The lowest BCUT2D eigenvalue weighted by Gasteiger charge is -2.13. The van der Waals surface area contributed by atoms with Gasteiger partial charge in [0.15, 0.2) is 0 Å². The summed E-state index contributed by atoms with van der Waals surface area (Å²) in [4.78, 5) is 27.1. The smallest absolute Gasteiger partial charge is 0.313 e. The second-order valence-electron chi connectivity index (χ2n) is 6.33. The number of aromatic nitrogens is 2. The third kappa shape index (κ3) is 3.57. The van der Waals surface area contributed by atoms with Crippen LogP contribution in [-0.4, -0.2) is 27.1 Å². The van der Waals surface area contributed by atoms with Crippen molar-refractivity contribution in [2.45, 2.75) is 33.1 Å². The number of esters is 1. The summed E-state index contributed by atoms with van der Waals surface area (Å²) in [5.74, 6) is 0.130. The maximum atomic E-state index is 11.9. The largest absolute Gasteiger partial charge is 0.466 e. The fraction of sp³-hybridized carbons (Fsp3) is 0.300. The van der Waals surface area contributed by atoms with Crippen LogP contribution in [0.3, 0.4) is 0 Å². The van der Waals surface area contributed by atoms with Gasteiger partial charge in [0.2, 0.25) is 0 Å². The molecule has 1 unspecified atom stereocenters. The van der Waals surface area contributed by atoms with Crippen LogP contribution in [0.15, 0.2) is 36.4 Å². The van der Waals surface area contributed by atoms with Gasteiger partial charge in [0.25, 0.3) is 5.69 Å². The van der Waals surface area contributed by atoms with E-state index in [1.807, 2.05) is 35.8 Å². The predicted octanol–water partition coefficient (Wildman–Crippen LogP) is 4.82. The zero-order valence-corrected chi connectivity index (χ0v) is 16.6. The first-order valence-electron chi connectivity index (χ1n) is 8.99. The van der Waals surface area contributed by atoms with Gasteiger partial charge in [-0.2, -0.15) is 0 Å². The van der Waals surface area contributed by atoms with E-state index in [0.717, 1.165) is 17.1 Å². The normalized spacial score (nSPS) is 12.1. The van der Waals surface area contributed by atoms with Crippen molar-refractivity contribution >= 4 is 34.3 Å². The molecule has 0 aliphatic carbocycles. The molecule has 2 aromatic carbocycles. The number of benzene rings is 2. The average Bonchev–Trinajstić information content (AvgIpc) is 3.04. The number of nitro benzene ring substituents is 1. The molecule has 0 saturated carbocycles. The fourth-order valence-electron chi connectivity index (χ4n) is 3.12. The molecule has 8 heteroatoms. The van der Waals surface area contributed by atoms with Crippen molar-refractivity contribution in [1.82, 2.24) is 9.55 Å². The van der Waals surface area contributed by atoms with Crippen molar-refractivity contribution < 1.29 is 14.5 Å². The van der Waals surface area contributed by atoms with Crippen LogP contribution in [0.2, 0.25) is 5.02 Å². The Morgan fingerprint density at radius 2 is 1.96 bits per heavy atom. The lowest BCUT2D eigenvalue weighted by atomic mass is 10.0. The van der Waals surface area contributed by atoms with Gasteiger partial charge in [0.05, 0.1) is 28.5 Å². The minimum absolute atomic E-state index is 0.0638. The Morgan fingerprint density at radius 3 is 2.54 bits per heavy atom. The predicted molar refractivity (Wildman–Crippen MR) is 107 cm³/mol. The van der Waals surface area contributed by atoms with Gasteiger partial charge in [-0.15, -0.1) is 0 Å². The molecule has 0 fully saturated rings. The Bertz CT molecular complexity index is 1040. The maximum Gasteiger partial charge on any atom is 0.313 e. The van der Waals surface area contributed by atoms with E-state index < -0.39 is 4.92 Å². The minimum Gasteiger partial charge on any atom is -0.466 e. The second-order valence-corrected chi connectivity index (χ2v) is 6.74. The molecular formula is C20H20ClN3O4. The molecule has 7 nitrogen and oxygen atoms in total. The number of carbonyl (C=O) groups excluding carboxylic acids is 1. The highest BCUT2D eigenvalue weighted by atomic mass is 35.5. The third-order valence-electron chi connectivity index (χ3n) is 4.60. The number of hydrogen-bond acceptors (Lipinski definition) is 5. The first-order valence-corrected chi connectivity index (χ1v) is 9.37. The number of ether oxygens (including phenoxy) is 1.